The lowest BCUT2D eigenvalue weighted by Crippen LogP contribution is -2.40. The van der Waals surface area contributed by atoms with E-state index in [1.165, 1.54) is 12.1 Å². The number of nitrogens with one attached hydrogen (secondary N) is 1. The number of carboxylic acids is 2. The average molecular weight is 613 g/mol. The van der Waals surface area contributed by atoms with Gasteiger partial charge in [-0.2, -0.15) is 13.2 Å². The fourth-order valence-electron chi connectivity index (χ4n) is 4.84. The van der Waals surface area contributed by atoms with Crippen molar-refractivity contribution < 1.29 is 42.5 Å². The number of hydrogen-bond acceptors (Lipinski definition) is 6. The highest BCUT2D eigenvalue weighted by Gasteiger charge is 2.30. The molecule has 1 fully saturated rings. The van der Waals surface area contributed by atoms with Crippen molar-refractivity contribution in [3.05, 3.63) is 90.3 Å². The molecule has 3 N–H and O–H groups in total. The summed E-state index contributed by atoms with van der Waals surface area (Å²) in [6, 6.07) is 22.3. The second-order valence-electron chi connectivity index (χ2n) is 10.2. The topological polar surface area (TPSA) is 134 Å². The van der Waals surface area contributed by atoms with Crippen molar-refractivity contribution in [2.75, 3.05) is 25.0 Å². The van der Waals surface area contributed by atoms with Crippen LogP contribution in [0.2, 0.25) is 0 Å². The summed E-state index contributed by atoms with van der Waals surface area (Å²) in [5.41, 5.74) is 1.64. The Morgan fingerprint density at radius 3 is 2.11 bits per heavy atom. The number of fused-ring (bicyclic) bond motifs is 1. The highest BCUT2D eigenvalue weighted by atomic mass is 19.4. The fraction of sp³-hybridized carbons (Fsp3) is 0.290. The number of aromatic nitrogens is 2. The molecule has 1 amide bonds. The molecule has 0 unspecified atom stereocenters. The summed E-state index contributed by atoms with van der Waals surface area (Å²) >= 11 is 0. The number of likely N-dealkylation sites (tertiary alicyclic amines) is 1. The van der Waals surface area contributed by atoms with Crippen molar-refractivity contribution in [3.63, 3.8) is 0 Å². The first-order chi connectivity index (χ1) is 21.0. The lowest BCUT2D eigenvalue weighted by molar-refractivity contribution is -0.159. The summed E-state index contributed by atoms with van der Waals surface area (Å²) in [5, 5.41) is 17.5. The maximum absolute atomic E-state index is 12.7. The Kier molecular flexibility index (Phi) is 10.6. The minimum absolute atomic E-state index is 0.206. The largest absolute Gasteiger partial charge is 0.486 e. The number of benzene rings is 3. The summed E-state index contributed by atoms with van der Waals surface area (Å²) < 4.78 is 46.5. The molecule has 0 bridgehead atoms. The number of ether oxygens (including phenoxy) is 1. The van der Waals surface area contributed by atoms with Crippen LogP contribution < -0.4 is 10.1 Å². The summed E-state index contributed by atoms with van der Waals surface area (Å²) in [4.78, 5) is 37.6. The molecule has 1 aromatic heterocycles. The number of alkyl halides is 3. The van der Waals surface area contributed by atoms with Gasteiger partial charge in [0, 0.05) is 12.2 Å². The fourth-order valence-corrected chi connectivity index (χ4v) is 4.84. The van der Waals surface area contributed by atoms with Crippen molar-refractivity contribution in [1.82, 2.24) is 14.5 Å². The van der Waals surface area contributed by atoms with Crippen LogP contribution in [0.25, 0.3) is 11.0 Å². The van der Waals surface area contributed by atoms with Gasteiger partial charge in [0.05, 0.1) is 23.1 Å². The van der Waals surface area contributed by atoms with Gasteiger partial charge in [0.1, 0.15) is 18.2 Å². The molecule has 44 heavy (non-hydrogen) atoms. The quantitative estimate of drug-likeness (QED) is 0.233. The van der Waals surface area contributed by atoms with Crippen molar-refractivity contribution in [3.8, 4) is 5.75 Å². The van der Waals surface area contributed by atoms with Crippen LogP contribution in [0.15, 0.2) is 78.9 Å². The smallest absolute Gasteiger partial charge is 0.416 e. The maximum atomic E-state index is 12.7. The van der Waals surface area contributed by atoms with Gasteiger partial charge in [-0.1, -0.05) is 30.3 Å². The highest BCUT2D eigenvalue weighted by molar-refractivity contribution is 6.27. The normalized spacial score (nSPS) is 14.0. The molecular weight excluding hydrogens is 581 g/mol. The number of anilines is 1. The van der Waals surface area contributed by atoms with Gasteiger partial charge < -0.3 is 24.8 Å². The molecule has 3 aromatic carbocycles. The second-order valence-corrected chi connectivity index (χ2v) is 10.2. The molecule has 1 aliphatic heterocycles. The van der Waals surface area contributed by atoms with Crippen molar-refractivity contribution in [1.29, 1.82) is 0 Å². The summed E-state index contributed by atoms with van der Waals surface area (Å²) in [6.07, 6.45) is -2.54. The molecule has 0 atom stereocenters. The lowest BCUT2D eigenvalue weighted by atomic mass is 9.96. The van der Waals surface area contributed by atoms with Gasteiger partial charge in [-0.3, -0.25) is 9.69 Å². The Morgan fingerprint density at radius 1 is 0.886 bits per heavy atom. The molecule has 2 heterocycles. The van der Waals surface area contributed by atoms with Crippen LogP contribution in [0.3, 0.4) is 0 Å². The Hall–Kier alpha value is -4.91. The summed E-state index contributed by atoms with van der Waals surface area (Å²) in [6.45, 7) is 2.94. The van der Waals surface area contributed by atoms with Crippen molar-refractivity contribution in [2.24, 2.45) is 5.92 Å². The Morgan fingerprint density at radius 2 is 1.50 bits per heavy atom. The van der Waals surface area contributed by atoms with Crippen molar-refractivity contribution >= 4 is 34.6 Å². The van der Waals surface area contributed by atoms with Gasteiger partial charge in [0.25, 0.3) is 0 Å². The highest BCUT2D eigenvalue weighted by Crippen LogP contribution is 2.30. The number of amides is 1. The molecule has 4 aromatic rings. The number of carboxylic acid groups (broad SMARTS) is 2. The zero-order chi connectivity index (χ0) is 31.7. The standard InChI is InChI=1S/C29H29F3N4O2.C2H2O4/c30-29(31,32)22-10-12-23(13-11-22)33-28(37)19-35-16-14-21(15-17-35)18-36-26-9-5-4-8-25(26)34-27(36)20-38-24-6-2-1-3-7-24;3-1(4)2(5)6/h1-13,21H,14-20H2,(H,33,37);(H,3,4)(H,5,6). The molecule has 1 saturated heterocycles. The molecule has 0 saturated carbocycles. The molecule has 0 aliphatic carbocycles. The van der Waals surface area contributed by atoms with Crippen LogP contribution in [-0.2, 0) is 33.7 Å². The minimum atomic E-state index is -4.40. The SMILES string of the molecule is O=C(CN1CCC(Cn2c(COc3ccccc3)nc3ccccc32)CC1)Nc1ccc(C(F)(F)F)cc1.O=C(O)C(=O)O. The zero-order valence-corrected chi connectivity index (χ0v) is 23.5. The van der Waals surface area contributed by atoms with E-state index in [2.05, 4.69) is 20.9 Å². The first-order valence-electron chi connectivity index (χ1n) is 13.8. The molecule has 5 rings (SSSR count). The molecule has 10 nitrogen and oxygen atoms in total. The number of aliphatic carboxylic acids is 2. The summed E-state index contributed by atoms with van der Waals surface area (Å²) in [7, 11) is 0. The second kappa shape index (κ2) is 14.5. The minimum Gasteiger partial charge on any atom is -0.486 e. The number of para-hydroxylation sites is 3. The number of rotatable bonds is 8. The van der Waals surface area contributed by atoms with Gasteiger partial charge in [0.2, 0.25) is 5.91 Å². The Balaban J connectivity index is 0.000000670. The predicted octanol–water partition coefficient (Wildman–Crippen LogP) is 5.14. The number of carbonyl (C=O) groups is 3. The predicted molar refractivity (Wildman–Crippen MR) is 155 cm³/mol. The molecular formula is C31H31F3N4O6. The summed E-state index contributed by atoms with van der Waals surface area (Å²) in [5.74, 6) is -1.77. The first-order valence-corrected chi connectivity index (χ1v) is 13.8. The number of halogens is 3. The third-order valence-corrected chi connectivity index (χ3v) is 7.04. The molecule has 0 radical (unpaired) electrons. The van der Waals surface area contributed by atoms with Crippen LogP contribution in [-0.4, -0.2) is 62.1 Å². The van der Waals surface area contributed by atoms with Gasteiger partial charge in [0.15, 0.2) is 0 Å². The van der Waals surface area contributed by atoms with E-state index in [9.17, 15) is 18.0 Å². The van der Waals surface area contributed by atoms with E-state index in [0.29, 0.717) is 18.2 Å². The van der Waals surface area contributed by atoms with E-state index in [1.54, 1.807) is 0 Å². The number of imidazole rings is 1. The Labute approximate surface area is 250 Å². The number of carbonyl (C=O) groups excluding carboxylic acids is 1. The Bertz CT molecular complexity index is 1560. The molecule has 0 spiro atoms. The van der Waals surface area contributed by atoms with Gasteiger partial charge in [-0.15, -0.1) is 0 Å². The number of hydrogen-bond donors (Lipinski definition) is 3. The first kappa shape index (κ1) is 32.0. The number of piperidine rings is 1. The van der Waals surface area contributed by atoms with Crippen LogP contribution in [0.5, 0.6) is 5.75 Å². The van der Waals surface area contributed by atoms with E-state index in [0.717, 1.165) is 67.2 Å². The van der Waals surface area contributed by atoms with E-state index in [1.807, 2.05) is 48.5 Å². The lowest BCUT2D eigenvalue weighted by Gasteiger charge is -2.32. The van der Waals surface area contributed by atoms with Gasteiger partial charge >= 0.3 is 18.1 Å². The van der Waals surface area contributed by atoms with E-state index >= 15 is 0 Å². The zero-order valence-electron chi connectivity index (χ0n) is 23.5. The van der Waals surface area contributed by atoms with Crippen LogP contribution in [0, 0.1) is 5.92 Å². The molecule has 232 valence electrons. The average Bonchev–Trinajstić information content (AvgIpc) is 3.34. The van der Waals surface area contributed by atoms with E-state index in [-0.39, 0.29) is 12.5 Å². The van der Waals surface area contributed by atoms with Crippen LogP contribution in [0.1, 0.15) is 24.2 Å². The molecule has 13 heteroatoms. The van der Waals surface area contributed by atoms with Crippen LogP contribution >= 0.6 is 0 Å². The van der Waals surface area contributed by atoms with E-state index < -0.39 is 23.7 Å². The monoisotopic (exact) mass is 612 g/mol. The molecule has 1 aliphatic rings. The number of nitrogens with zero attached hydrogens (tertiary/aromatic N) is 3. The van der Waals surface area contributed by atoms with Crippen LogP contribution in [0.4, 0.5) is 18.9 Å². The van der Waals surface area contributed by atoms with E-state index in [4.69, 9.17) is 29.5 Å². The third kappa shape index (κ3) is 9.04. The van der Waals surface area contributed by atoms with Gasteiger partial charge in [-0.25, -0.2) is 14.6 Å². The van der Waals surface area contributed by atoms with Gasteiger partial charge in [-0.05, 0) is 80.4 Å². The van der Waals surface area contributed by atoms with Crippen molar-refractivity contribution in [2.45, 2.75) is 32.2 Å². The third-order valence-electron chi connectivity index (χ3n) is 7.04. The maximum Gasteiger partial charge on any atom is 0.416 e.